The lowest BCUT2D eigenvalue weighted by Gasteiger charge is -2.22. The van der Waals surface area contributed by atoms with Gasteiger partial charge in [0.1, 0.15) is 5.60 Å². The highest BCUT2D eigenvalue weighted by atomic mass is 16.6. The molecule has 0 aliphatic carbocycles. The molecule has 0 spiro atoms. The second-order valence-corrected chi connectivity index (χ2v) is 5.62. The van der Waals surface area contributed by atoms with Crippen LogP contribution in [-0.2, 0) is 19.1 Å². The van der Waals surface area contributed by atoms with Gasteiger partial charge >= 0.3 is 11.9 Å². The molecule has 0 aromatic rings. The predicted octanol–water partition coefficient (Wildman–Crippen LogP) is 1.26. The molecule has 18 heavy (non-hydrogen) atoms. The Bertz CT molecular complexity index is 290. The third kappa shape index (κ3) is 6.00. The van der Waals surface area contributed by atoms with Crippen molar-refractivity contribution >= 4 is 11.9 Å². The summed E-state index contributed by atoms with van der Waals surface area (Å²) in [7, 11) is 0. The lowest BCUT2D eigenvalue weighted by atomic mass is 9.95. The highest BCUT2D eigenvalue weighted by molar-refractivity contribution is 6.29. The monoisotopic (exact) mass is 257 g/mol. The summed E-state index contributed by atoms with van der Waals surface area (Å²) >= 11 is 0. The predicted molar refractivity (Wildman–Crippen MR) is 67.0 cm³/mol. The van der Waals surface area contributed by atoms with Crippen LogP contribution < -0.4 is 5.32 Å². The summed E-state index contributed by atoms with van der Waals surface area (Å²) in [5, 5.41) is 3.28. The molecule has 0 aromatic carbocycles. The number of carbonyl (C=O) groups is 2. The van der Waals surface area contributed by atoms with Crippen molar-refractivity contribution in [1.29, 1.82) is 0 Å². The van der Waals surface area contributed by atoms with Gasteiger partial charge in [0.25, 0.3) is 0 Å². The Balaban J connectivity index is 2.18. The van der Waals surface area contributed by atoms with Gasteiger partial charge in [-0.2, -0.15) is 0 Å². The SMILES string of the molecule is CC(C)(C)OC(=O)C(=O)OCCC1CCNCC1. The first-order chi connectivity index (χ1) is 8.38. The molecule has 0 amide bonds. The molecule has 1 fully saturated rings. The number of rotatable bonds is 3. The zero-order valence-electron chi connectivity index (χ0n) is 11.5. The molecule has 1 aliphatic heterocycles. The van der Waals surface area contributed by atoms with E-state index in [2.05, 4.69) is 5.32 Å². The maximum atomic E-state index is 11.4. The fraction of sp³-hybridized carbons (Fsp3) is 0.846. The summed E-state index contributed by atoms with van der Waals surface area (Å²) in [6.07, 6.45) is 3.02. The summed E-state index contributed by atoms with van der Waals surface area (Å²) in [5.74, 6) is -1.22. The molecule has 104 valence electrons. The van der Waals surface area contributed by atoms with Gasteiger partial charge in [-0.1, -0.05) is 0 Å². The van der Waals surface area contributed by atoms with Gasteiger partial charge < -0.3 is 14.8 Å². The van der Waals surface area contributed by atoms with Crippen molar-refractivity contribution in [3.05, 3.63) is 0 Å². The van der Waals surface area contributed by atoms with E-state index in [0.29, 0.717) is 12.5 Å². The highest BCUT2D eigenvalue weighted by Gasteiger charge is 2.24. The van der Waals surface area contributed by atoms with Crippen molar-refractivity contribution in [1.82, 2.24) is 5.32 Å². The number of piperidine rings is 1. The van der Waals surface area contributed by atoms with Gasteiger partial charge in [0.05, 0.1) is 6.61 Å². The molecular formula is C13H23NO4. The number of carbonyl (C=O) groups excluding carboxylic acids is 2. The van der Waals surface area contributed by atoms with Crippen molar-refractivity contribution < 1.29 is 19.1 Å². The summed E-state index contributed by atoms with van der Waals surface area (Å²) in [4.78, 5) is 22.7. The first-order valence-electron chi connectivity index (χ1n) is 6.49. The molecule has 1 N–H and O–H groups in total. The quantitative estimate of drug-likeness (QED) is 0.609. The lowest BCUT2D eigenvalue weighted by molar-refractivity contribution is -0.174. The van der Waals surface area contributed by atoms with Gasteiger partial charge in [0, 0.05) is 0 Å². The number of esters is 2. The minimum atomic E-state index is -0.909. The van der Waals surface area contributed by atoms with Crippen LogP contribution in [0.25, 0.3) is 0 Å². The second-order valence-electron chi connectivity index (χ2n) is 5.62. The van der Waals surface area contributed by atoms with E-state index in [0.717, 1.165) is 32.4 Å². The Kier molecular flexibility index (Phi) is 5.59. The van der Waals surface area contributed by atoms with E-state index in [9.17, 15) is 9.59 Å². The molecule has 1 saturated heterocycles. The van der Waals surface area contributed by atoms with Crippen LogP contribution in [0.5, 0.6) is 0 Å². The molecule has 0 bridgehead atoms. The van der Waals surface area contributed by atoms with E-state index in [4.69, 9.17) is 9.47 Å². The number of ether oxygens (including phenoxy) is 2. The Morgan fingerprint density at radius 3 is 2.33 bits per heavy atom. The number of hydrogen-bond acceptors (Lipinski definition) is 5. The van der Waals surface area contributed by atoms with Gasteiger partial charge in [-0.25, -0.2) is 9.59 Å². The first-order valence-corrected chi connectivity index (χ1v) is 6.49. The van der Waals surface area contributed by atoms with Crippen LogP contribution >= 0.6 is 0 Å². The number of nitrogens with one attached hydrogen (secondary N) is 1. The van der Waals surface area contributed by atoms with Gasteiger partial charge in [-0.15, -0.1) is 0 Å². The van der Waals surface area contributed by atoms with Crippen LogP contribution in [0.2, 0.25) is 0 Å². The van der Waals surface area contributed by atoms with Crippen LogP contribution in [0, 0.1) is 5.92 Å². The van der Waals surface area contributed by atoms with Crippen LogP contribution in [-0.4, -0.2) is 37.2 Å². The molecule has 1 aliphatic rings. The standard InChI is InChI=1S/C13H23NO4/c1-13(2,3)18-12(16)11(15)17-9-6-10-4-7-14-8-5-10/h10,14H,4-9H2,1-3H3. The van der Waals surface area contributed by atoms with E-state index in [-0.39, 0.29) is 0 Å². The summed E-state index contributed by atoms with van der Waals surface area (Å²) in [6, 6.07) is 0. The third-order valence-corrected chi connectivity index (χ3v) is 2.78. The van der Waals surface area contributed by atoms with E-state index < -0.39 is 17.5 Å². The van der Waals surface area contributed by atoms with Crippen LogP contribution in [0.15, 0.2) is 0 Å². The maximum Gasteiger partial charge on any atom is 0.417 e. The fourth-order valence-corrected chi connectivity index (χ4v) is 1.87. The topological polar surface area (TPSA) is 64.6 Å². The Labute approximate surface area is 108 Å². The lowest BCUT2D eigenvalue weighted by Crippen LogP contribution is -2.31. The van der Waals surface area contributed by atoms with Crippen LogP contribution in [0.1, 0.15) is 40.0 Å². The average Bonchev–Trinajstić information content (AvgIpc) is 2.28. The zero-order valence-corrected chi connectivity index (χ0v) is 11.5. The molecular weight excluding hydrogens is 234 g/mol. The summed E-state index contributed by atoms with van der Waals surface area (Å²) < 4.78 is 9.84. The van der Waals surface area contributed by atoms with Crippen molar-refractivity contribution in [3.8, 4) is 0 Å². The average molecular weight is 257 g/mol. The van der Waals surface area contributed by atoms with Gasteiger partial charge in [-0.3, -0.25) is 0 Å². The van der Waals surface area contributed by atoms with E-state index in [1.807, 2.05) is 0 Å². The normalized spacial score (nSPS) is 17.3. The number of hydrogen-bond donors (Lipinski definition) is 1. The zero-order chi connectivity index (χ0) is 13.6. The summed E-state index contributed by atoms with van der Waals surface area (Å²) in [5.41, 5.74) is -0.662. The van der Waals surface area contributed by atoms with Gasteiger partial charge in [-0.05, 0) is 59.0 Å². The Hall–Kier alpha value is -1.10. The first kappa shape index (κ1) is 15.0. The van der Waals surface area contributed by atoms with E-state index in [1.54, 1.807) is 20.8 Å². The largest absolute Gasteiger partial charge is 0.457 e. The van der Waals surface area contributed by atoms with Gasteiger partial charge in [0.15, 0.2) is 0 Å². The molecule has 0 unspecified atom stereocenters. The maximum absolute atomic E-state index is 11.4. The molecule has 0 radical (unpaired) electrons. The molecule has 0 aromatic heterocycles. The van der Waals surface area contributed by atoms with Crippen molar-refractivity contribution in [2.75, 3.05) is 19.7 Å². The second kappa shape index (κ2) is 6.73. The Morgan fingerprint density at radius 1 is 1.17 bits per heavy atom. The minimum absolute atomic E-state index is 0.294. The van der Waals surface area contributed by atoms with Gasteiger partial charge in [0.2, 0.25) is 0 Å². The molecule has 5 heteroatoms. The van der Waals surface area contributed by atoms with Crippen LogP contribution in [0.3, 0.4) is 0 Å². The molecule has 1 rings (SSSR count). The Morgan fingerprint density at radius 2 is 1.78 bits per heavy atom. The third-order valence-electron chi connectivity index (χ3n) is 2.78. The van der Waals surface area contributed by atoms with Crippen LogP contribution in [0.4, 0.5) is 0 Å². The highest BCUT2D eigenvalue weighted by Crippen LogP contribution is 2.15. The summed E-state index contributed by atoms with van der Waals surface area (Å²) in [6.45, 7) is 7.48. The van der Waals surface area contributed by atoms with E-state index in [1.165, 1.54) is 0 Å². The smallest absolute Gasteiger partial charge is 0.417 e. The van der Waals surface area contributed by atoms with Crippen molar-refractivity contribution in [2.24, 2.45) is 5.92 Å². The minimum Gasteiger partial charge on any atom is -0.457 e. The molecule has 5 nitrogen and oxygen atoms in total. The van der Waals surface area contributed by atoms with Crippen molar-refractivity contribution in [2.45, 2.75) is 45.6 Å². The molecule has 0 atom stereocenters. The molecule has 1 heterocycles. The fourth-order valence-electron chi connectivity index (χ4n) is 1.87. The van der Waals surface area contributed by atoms with E-state index >= 15 is 0 Å². The van der Waals surface area contributed by atoms with Crippen molar-refractivity contribution in [3.63, 3.8) is 0 Å². The molecule has 0 saturated carbocycles.